The van der Waals surface area contributed by atoms with Crippen LogP contribution in [-0.2, 0) is 9.84 Å². The topological polar surface area (TPSA) is 77.3 Å². The van der Waals surface area contributed by atoms with E-state index in [9.17, 15) is 18.5 Å². The summed E-state index contributed by atoms with van der Waals surface area (Å²) in [5.74, 6) is 0. The lowest BCUT2D eigenvalue weighted by molar-refractivity contribution is -0.385. The zero-order valence-electron chi connectivity index (χ0n) is 9.95. The quantitative estimate of drug-likeness (QED) is 0.505. The first-order valence-electron chi connectivity index (χ1n) is 5.56. The van der Waals surface area contributed by atoms with Crippen LogP contribution in [0.25, 0.3) is 11.1 Å². The number of hydrogen-bond donors (Lipinski definition) is 0. The van der Waals surface area contributed by atoms with Crippen molar-refractivity contribution in [3.8, 4) is 11.1 Å². The molecule has 0 aromatic heterocycles. The first-order chi connectivity index (χ1) is 8.93. The summed E-state index contributed by atoms with van der Waals surface area (Å²) in [6.07, 6.45) is 0. The number of benzene rings is 2. The van der Waals surface area contributed by atoms with Gasteiger partial charge in [0.15, 0.2) is 0 Å². The van der Waals surface area contributed by atoms with Crippen LogP contribution in [0.4, 0.5) is 5.69 Å². The van der Waals surface area contributed by atoms with Crippen LogP contribution < -0.4 is 0 Å². The Labute approximate surface area is 109 Å². The molecule has 0 radical (unpaired) electrons. The molecule has 2 aromatic rings. The Kier molecular flexibility index (Phi) is 2.27. The van der Waals surface area contributed by atoms with Gasteiger partial charge in [-0.25, -0.2) is 8.42 Å². The number of fused-ring (bicyclic) bond motifs is 3. The van der Waals surface area contributed by atoms with Crippen molar-refractivity contribution in [2.24, 2.45) is 0 Å². The van der Waals surface area contributed by atoms with Crippen molar-refractivity contribution in [1.29, 1.82) is 0 Å². The Hall–Kier alpha value is -2.21. The molecule has 0 saturated heterocycles. The highest BCUT2D eigenvalue weighted by Crippen LogP contribution is 2.45. The molecular weight excluding hydrogens is 266 g/mol. The van der Waals surface area contributed by atoms with E-state index in [1.54, 1.807) is 31.2 Å². The summed E-state index contributed by atoms with van der Waals surface area (Å²) >= 11 is 0. The van der Waals surface area contributed by atoms with Crippen LogP contribution in [0.5, 0.6) is 0 Å². The van der Waals surface area contributed by atoms with E-state index in [4.69, 9.17) is 0 Å². The number of hydrogen-bond acceptors (Lipinski definition) is 4. The fourth-order valence-electron chi connectivity index (χ4n) is 2.35. The van der Waals surface area contributed by atoms with Crippen molar-refractivity contribution < 1.29 is 13.3 Å². The van der Waals surface area contributed by atoms with Crippen molar-refractivity contribution in [2.75, 3.05) is 0 Å². The van der Waals surface area contributed by atoms with Gasteiger partial charge in [0, 0.05) is 22.8 Å². The van der Waals surface area contributed by atoms with E-state index in [2.05, 4.69) is 0 Å². The smallest absolute Gasteiger partial charge is 0.258 e. The van der Waals surface area contributed by atoms with Crippen molar-refractivity contribution in [1.82, 2.24) is 0 Å². The molecule has 19 heavy (non-hydrogen) atoms. The molecule has 1 heterocycles. The van der Waals surface area contributed by atoms with Crippen molar-refractivity contribution in [3.05, 3.63) is 52.1 Å². The van der Waals surface area contributed by atoms with Gasteiger partial charge in [-0.1, -0.05) is 18.2 Å². The summed E-state index contributed by atoms with van der Waals surface area (Å²) in [6, 6.07) is 9.34. The predicted octanol–water partition coefficient (Wildman–Crippen LogP) is 2.72. The molecule has 2 aromatic carbocycles. The fraction of sp³-hybridized carbons (Fsp3) is 0.0769. The molecule has 0 amide bonds. The van der Waals surface area contributed by atoms with Gasteiger partial charge in [0.05, 0.1) is 14.7 Å². The van der Waals surface area contributed by atoms with Crippen molar-refractivity contribution in [2.45, 2.75) is 16.7 Å². The van der Waals surface area contributed by atoms with Gasteiger partial charge in [0.25, 0.3) is 5.69 Å². The molecule has 0 saturated carbocycles. The van der Waals surface area contributed by atoms with E-state index in [1.165, 1.54) is 6.07 Å². The van der Waals surface area contributed by atoms with E-state index in [-0.39, 0.29) is 15.5 Å². The molecule has 0 N–H and O–H groups in total. The number of aryl methyl sites for hydroxylation is 1. The molecule has 1 aliphatic heterocycles. The summed E-state index contributed by atoms with van der Waals surface area (Å²) in [4.78, 5) is 10.6. The second-order valence-corrected chi connectivity index (χ2v) is 6.28. The average Bonchev–Trinajstić information content (AvgIpc) is 2.58. The van der Waals surface area contributed by atoms with E-state index >= 15 is 0 Å². The maximum atomic E-state index is 12.3. The highest BCUT2D eigenvalue weighted by Gasteiger charge is 2.34. The summed E-state index contributed by atoms with van der Waals surface area (Å²) in [5.41, 5.74) is 1.43. The number of sulfone groups is 1. The van der Waals surface area contributed by atoms with Crippen LogP contribution in [0.15, 0.2) is 46.2 Å². The van der Waals surface area contributed by atoms with Crippen LogP contribution in [0, 0.1) is 17.0 Å². The third-order valence-electron chi connectivity index (χ3n) is 3.25. The van der Waals surface area contributed by atoms with Gasteiger partial charge in [-0.2, -0.15) is 0 Å². The second kappa shape index (κ2) is 3.64. The van der Waals surface area contributed by atoms with E-state index < -0.39 is 14.8 Å². The third-order valence-corrected chi connectivity index (χ3v) is 5.10. The molecule has 1 aliphatic rings. The number of nitrogens with zero attached hydrogens (tertiary/aromatic N) is 1. The van der Waals surface area contributed by atoms with Gasteiger partial charge in [-0.15, -0.1) is 0 Å². The molecule has 0 unspecified atom stereocenters. The van der Waals surface area contributed by atoms with E-state index in [0.717, 1.165) is 6.07 Å². The SMILES string of the molecule is Cc1cc2c(cc1[N+](=O)[O-])S(=O)(=O)c1ccccc1-2. The standard InChI is InChI=1S/C13H9NO4S/c1-8-6-10-9-4-2-3-5-12(9)19(17,18)13(10)7-11(8)14(15)16/h2-7H,1H3. The average molecular weight is 275 g/mol. The zero-order chi connectivity index (χ0) is 13.8. The van der Waals surface area contributed by atoms with Gasteiger partial charge >= 0.3 is 0 Å². The van der Waals surface area contributed by atoms with Gasteiger partial charge in [-0.3, -0.25) is 10.1 Å². The molecule has 5 nitrogen and oxygen atoms in total. The molecular formula is C13H9NO4S. The highest BCUT2D eigenvalue weighted by molar-refractivity contribution is 7.92. The van der Waals surface area contributed by atoms with Crippen molar-refractivity contribution in [3.63, 3.8) is 0 Å². The Morgan fingerprint density at radius 3 is 2.42 bits per heavy atom. The lowest BCUT2D eigenvalue weighted by Gasteiger charge is -2.02. The normalized spacial score (nSPS) is 14.8. The first kappa shape index (κ1) is 11.9. The molecule has 96 valence electrons. The van der Waals surface area contributed by atoms with Crippen LogP contribution in [0.3, 0.4) is 0 Å². The molecule has 0 spiro atoms. The molecule has 0 atom stereocenters. The minimum Gasteiger partial charge on any atom is -0.258 e. The minimum absolute atomic E-state index is 0.0194. The Morgan fingerprint density at radius 2 is 1.74 bits per heavy atom. The molecule has 3 rings (SSSR count). The Bertz CT molecular complexity index is 825. The minimum atomic E-state index is -3.64. The molecule has 0 fully saturated rings. The maximum absolute atomic E-state index is 12.3. The largest absolute Gasteiger partial charge is 0.273 e. The fourth-order valence-corrected chi connectivity index (χ4v) is 4.04. The summed E-state index contributed by atoms with van der Waals surface area (Å²) in [7, 11) is -3.64. The highest BCUT2D eigenvalue weighted by atomic mass is 32.2. The maximum Gasteiger partial charge on any atom is 0.273 e. The number of nitro groups is 1. The van der Waals surface area contributed by atoms with Crippen LogP contribution in [0.1, 0.15) is 5.56 Å². The second-order valence-electron chi connectivity index (χ2n) is 4.39. The van der Waals surface area contributed by atoms with Crippen LogP contribution in [0.2, 0.25) is 0 Å². The van der Waals surface area contributed by atoms with Crippen LogP contribution >= 0.6 is 0 Å². The third kappa shape index (κ3) is 1.50. The monoisotopic (exact) mass is 275 g/mol. The summed E-state index contributed by atoms with van der Waals surface area (Å²) in [6.45, 7) is 1.60. The Morgan fingerprint density at radius 1 is 1.05 bits per heavy atom. The number of rotatable bonds is 1. The van der Waals surface area contributed by atoms with E-state index in [1.807, 2.05) is 0 Å². The lowest BCUT2D eigenvalue weighted by Crippen LogP contribution is -1.99. The zero-order valence-corrected chi connectivity index (χ0v) is 10.8. The molecule has 0 aliphatic carbocycles. The predicted molar refractivity (Wildman–Crippen MR) is 68.7 cm³/mol. The van der Waals surface area contributed by atoms with Crippen molar-refractivity contribution >= 4 is 15.5 Å². The Balaban J connectivity index is 2.43. The summed E-state index contributed by atoms with van der Waals surface area (Å²) < 4.78 is 24.7. The molecule has 6 heteroatoms. The van der Waals surface area contributed by atoms with Gasteiger partial charge in [0.1, 0.15) is 0 Å². The van der Waals surface area contributed by atoms with Gasteiger partial charge in [0.2, 0.25) is 9.84 Å². The molecule has 0 bridgehead atoms. The first-order valence-corrected chi connectivity index (χ1v) is 7.05. The van der Waals surface area contributed by atoms with Gasteiger partial charge < -0.3 is 0 Å². The number of nitro benzene ring substituents is 1. The van der Waals surface area contributed by atoms with Gasteiger partial charge in [-0.05, 0) is 19.1 Å². The van der Waals surface area contributed by atoms with Crippen LogP contribution in [-0.4, -0.2) is 13.3 Å². The lowest BCUT2D eigenvalue weighted by atomic mass is 10.0. The van der Waals surface area contributed by atoms with E-state index in [0.29, 0.717) is 16.7 Å². The summed E-state index contributed by atoms with van der Waals surface area (Å²) in [5, 5.41) is 10.9.